The van der Waals surface area contributed by atoms with Crippen LogP contribution >= 0.6 is 0 Å². The molecule has 1 N–H and O–H groups in total. The largest absolute Gasteiger partial charge is 0.350 e. The van der Waals surface area contributed by atoms with E-state index >= 15 is 0 Å². The minimum Gasteiger partial charge on any atom is -0.350 e. The van der Waals surface area contributed by atoms with E-state index in [1.807, 2.05) is 31.0 Å². The van der Waals surface area contributed by atoms with Crippen LogP contribution in [0.4, 0.5) is 0 Å². The standard InChI is InChI=1S/C17H25N5O/c1-12(21(2)3)9-19-17(23)14-8-13-11-20-22(16(13)18-10-14)15-6-4-5-7-15/h8,10-12,15H,4-7,9H2,1-3H3,(H,19,23). The van der Waals surface area contributed by atoms with E-state index in [2.05, 4.69) is 27.2 Å². The molecule has 1 aliphatic rings. The summed E-state index contributed by atoms with van der Waals surface area (Å²) in [6, 6.07) is 2.64. The predicted molar refractivity (Wildman–Crippen MR) is 90.5 cm³/mol. The molecule has 0 spiro atoms. The fraction of sp³-hybridized carbons (Fsp3) is 0.588. The van der Waals surface area contributed by atoms with E-state index in [1.165, 1.54) is 25.7 Å². The molecule has 2 aromatic rings. The lowest BCUT2D eigenvalue weighted by atomic mass is 10.2. The lowest BCUT2D eigenvalue weighted by Gasteiger charge is -2.19. The van der Waals surface area contributed by atoms with Gasteiger partial charge in [-0.15, -0.1) is 0 Å². The highest BCUT2D eigenvalue weighted by Gasteiger charge is 2.20. The summed E-state index contributed by atoms with van der Waals surface area (Å²) >= 11 is 0. The quantitative estimate of drug-likeness (QED) is 0.919. The summed E-state index contributed by atoms with van der Waals surface area (Å²) in [7, 11) is 4.00. The minimum atomic E-state index is -0.0817. The molecule has 124 valence electrons. The van der Waals surface area contributed by atoms with Gasteiger partial charge in [-0.2, -0.15) is 5.10 Å². The van der Waals surface area contributed by atoms with E-state index in [9.17, 15) is 4.79 Å². The van der Waals surface area contributed by atoms with Gasteiger partial charge in [-0.25, -0.2) is 9.67 Å². The Morgan fingerprint density at radius 1 is 1.39 bits per heavy atom. The van der Waals surface area contributed by atoms with Gasteiger partial charge in [-0.1, -0.05) is 12.8 Å². The number of hydrogen-bond acceptors (Lipinski definition) is 4. The molecule has 1 fully saturated rings. The number of pyridine rings is 1. The van der Waals surface area contributed by atoms with Gasteiger partial charge in [-0.05, 0) is 39.9 Å². The highest BCUT2D eigenvalue weighted by atomic mass is 16.1. The third-order valence-electron chi connectivity index (χ3n) is 4.81. The lowest BCUT2D eigenvalue weighted by molar-refractivity contribution is 0.0943. The molecule has 2 aromatic heterocycles. The molecule has 6 nitrogen and oxygen atoms in total. The van der Waals surface area contributed by atoms with Gasteiger partial charge in [0, 0.05) is 24.2 Å². The van der Waals surface area contributed by atoms with Gasteiger partial charge < -0.3 is 10.2 Å². The maximum Gasteiger partial charge on any atom is 0.252 e. The molecule has 6 heteroatoms. The van der Waals surface area contributed by atoms with Crippen LogP contribution in [0.2, 0.25) is 0 Å². The highest BCUT2D eigenvalue weighted by molar-refractivity contribution is 5.96. The molecule has 23 heavy (non-hydrogen) atoms. The fourth-order valence-electron chi connectivity index (χ4n) is 3.01. The zero-order chi connectivity index (χ0) is 16.4. The SMILES string of the molecule is CC(CNC(=O)c1cnc2c(cnn2C2CCCC2)c1)N(C)C. The molecule has 1 saturated carbocycles. The van der Waals surface area contributed by atoms with Gasteiger partial charge in [0.1, 0.15) is 0 Å². The highest BCUT2D eigenvalue weighted by Crippen LogP contribution is 2.31. The number of carbonyl (C=O) groups is 1. The summed E-state index contributed by atoms with van der Waals surface area (Å²) in [5.41, 5.74) is 1.48. The van der Waals surface area contributed by atoms with Crippen LogP contribution in [0, 0.1) is 0 Å². The molecular weight excluding hydrogens is 290 g/mol. The predicted octanol–water partition coefficient (Wildman–Crippen LogP) is 2.23. The molecule has 0 radical (unpaired) electrons. The van der Waals surface area contributed by atoms with Gasteiger partial charge >= 0.3 is 0 Å². The lowest BCUT2D eigenvalue weighted by Crippen LogP contribution is -2.38. The first-order valence-corrected chi connectivity index (χ1v) is 8.34. The topological polar surface area (TPSA) is 63.1 Å². The summed E-state index contributed by atoms with van der Waals surface area (Å²) in [6.07, 6.45) is 8.34. The zero-order valence-corrected chi connectivity index (χ0v) is 14.1. The van der Waals surface area contributed by atoms with Crippen molar-refractivity contribution in [3.8, 4) is 0 Å². The molecule has 0 aromatic carbocycles. The third kappa shape index (κ3) is 3.37. The van der Waals surface area contributed by atoms with Crippen molar-refractivity contribution in [3.05, 3.63) is 24.0 Å². The van der Waals surface area contributed by atoms with Crippen molar-refractivity contribution < 1.29 is 4.79 Å². The van der Waals surface area contributed by atoms with Crippen molar-refractivity contribution in [2.75, 3.05) is 20.6 Å². The van der Waals surface area contributed by atoms with Crippen molar-refractivity contribution in [2.45, 2.75) is 44.7 Å². The normalized spacial score (nSPS) is 17.0. The molecule has 2 heterocycles. The Morgan fingerprint density at radius 3 is 2.83 bits per heavy atom. The Labute approximate surface area is 136 Å². The van der Waals surface area contributed by atoms with E-state index in [0.717, 1.165) is 11.0 Å². The number of nitrogens with one attached hydrogen (secondary N) is 1. The number of likely N-dealkylation sites (N-methyl/N-ethyl adjacent to an activating group) is 1. The van der Waals surface area contributed by atoms with Gasteiger partial charge in [-0.3, -0.25) is 4.79 Å². The molecule has 3 rings (SSSR count). The van der Waals surface area contributed by atoms with E-state index in [4.69, 9.17) is 0 Å². The number of hydrogen-bond donors (Lipinski definition) is 1. The van der Waals surface area contributed by atoms with Crippen molar-refractivity contribution in [1.29, 1.82) is 0 Å². The number of carbonyl (C=O) groups excluding carboxylic acids is 1. The summed E-state index contributed by atoms with van der Waals surface area (Å²) < 4.78 is 2.03. The average Bonchev–Trinajstić information content (AvgIpc) is 3.19. The number of nitrogens with zero attached hydrogens (tertiary/aromatic N) is 4. The van der Waals surface area contributed by atoms with Crippen LogP contribution < -0.4 is 5.32 Å². The van der Waals surface area contributed by atoms with Crippen molar-refractivity contribution in [1.82, 2.24) is 25.0 Å². The molecular formula is C17H25N5O. The first-order valence-electron chi connectivity index (χ1n) is 8.34. The van der Waals surface area contributed by atoms with E-state index < -0.39 is 0 Å². The molecule has 1 amide bonds. The Hall–Kier alpha value is -1.95. The molecule has 1 aliphatic carbocycles. The smallest absolute Gasteiger partial charge is 0.252 e. The first kappa shape index (κ1) is 15.9. The second-order valence-corrected chi connectivity index (χ2v) is 6.69. The molecule has 1 atom stereocenters. The van der Waals surface area contributed by atoms with Crippen molar-refractivity contribution in [3.63, 3.8) is 0 Å². The Morgan fingerprint density at radius 2 is 2.13 bits per heavy atom. The Bertz CT molecular complexity index is 687. The van der Waals surface area contributed by atoms with Crippen molar-refractivity contribution in [2.24, 2.45) is 0 Å². The van der Waals surface area contributed by atoms with Gasteiger partial charge in [0.05, 0.1) is 17.8 Å². The van der Waals surface area contributed by atoms with Crippen LogP contribution in [0.3, 0.4) is 0 Å². The maximum atomic E-state index is 12.3. The molecule has 0 aliphatic heterocycles. The van der Waals surface area contributed by atoms with E-state index in [-0.39, 0.29) is 5.91 Å². The number of rotatable bonds is 5. The third-order valence-corrected chi connectivity index (χ3v) is 4.81. The average molecular weight is 315 g/mol. The first-order chi connectivity index (χ1) is 11.1. The minimum absolute atomic E-state index is 0.0817. The monoisotopic (exact) mass is 315 g/mol. The van der Waals surface area contributed by atoms with Crippen LogP contribution in [-0.2, 0) is 0 Å². The Kier molecular flexibility index (Phi) is 4.61. The van der Waals surface area contributed by atoms with E-state index in [1.54, 1.807) is 6.20 Å². The van der Waals surface area contributed by atoms with Gasteiger partial charge in [0.15, 0.2) is 5.65 Å². The van der Waals surface area contributed by atoms with Crippen molar-refractivity contribution >= 4 is 16.9 Å². The van der Waals surface area contributed by atoms with Gasteiger partial charge in [0.2, 0.25) is 0 Å². The summed E-state index contributed by atoms with van der Waals surface area (Å²) in [4.78, 5) is 18.9. The summed E-state index contributed by atoms with van der Waals surface area (Å²) in [5, 5.41) is 8.39. The Balaban J connectivity index is 1.74. The van der Waals surface area contributed by atoms with Crippen LogP contribution in [-0.4, -0.2) is 52.3 Å². The molecule has 1 unspecified atom stereocenters. The second-order valence-electron chi connectivity index (χ2n) is 6.69. The summed E-state index contributed by atoms with van der Waals surface area (Å²) in [6.45, 7) is 2.69. The number of amides is 1. The van der Waals surface area contributed by atoms with Gasteiger partial charge in [0.25, 0.3) is 5.91 Å². The van der Waals surface area contributed by atoms with Crippen LogP contribution in [0.25, 0.3) is 11.0 Å². The fourth-order valence-corrected chi connectivity index (χ4v) is 3.01. The number of aromatic nitrogens is 3. The number of fused-ring (bicyclic) bond motifs is 1. The van der Waals surface area contributed by atoms with Crippen LogP contribution in [0.5, 0.6) is 0 Å². The summed E-state index contributed by atoms with van der Waals surface area (Å²) in [5.74, 6) is -0.0817. The zero-order valence-electron chi connectivity index (χ0n) is 14.1. The maximum absolute atomic E-state index is 12.3. The van der Waals surface area contributed by atoms with E-state index in [0.29, 0.717) is 24.2 Å². The van der Waals surface area contributed by atoms with Crippen LogP contribution in [0.1, 0.15) is 49.0 Å². The molecule has 0 bridgehead atoms. The van der Waals surface area contributed by atoms with Crippen LogP contribution in [0.15, 0.2) is 18.5 Å². The molecule has 0 saturated heterocycles. The second kappa shape index (κ2) is 6.66.